The first-order valence-corrected chi connectivity index (χ1v) is 4.28. The van der Waals surface area contributed by atoms with Gasteiger partial charge in [0.1, 0.15) is 5.82 Å². The Morgan fingerprint density at radius 2 is 1.73 bits per heavy atom. The summed E-state index contributed by atoms with van der Waals surface area (Å²) in [4.78, 5) is 10.2. The van der Waals surface area contributed by atoms with Crippen LogP contribution in [0.2, 0.25) is 0 Å². The third-order valence-electron chi connectivity index (χ3n) is 1.61. The Labute approximate surface area is 89.0 Å². The van der Waals surface area contributed by atoms with Gasteiger partial charge in [-0.15, -0.1) is 0 Å². The molecular formula is C8H2BrF5O. The van der Waals surface area contributed by atoms with Crippen molar-refractivity contribution < 1.29 is 26.7 Å². The molecule has 1 nitrogen and oxygen atoms in total. The van der Waals surface area contributed by atoms with E-state index in [1.165, 1.54) is 0 Å². The predicted molar refractivity (Wildman–Crippen MR) is 44.4 cm³/mol. The molecule has 0 aliphatic carbocycles. The van der Waals surface area contributed by atoms with Crippen LogP contribution >= 0.6 is 15.9 Å². The topological polar surface area (TPSA) is 17.1 Å². The summed E-state index contributed by atoms with van der Waals surface area (Å²) in [5.74, 6) is -3.26. The third kappa shape index (κ3) is 2.17. The molecule has 0 saturated carbocycles. The summed E-state index contributed by atoms with van der Waals surface area (Å²) in [6, 6.07) is 0.248. The smallest absolute Gasteiger partial charge is 0.298 e. The highest BCUT2D eigenvalue weighted by Crippen LogP contribution is 2.35. The molecule has 1 rings (SSSR count). The average molecular weight is 289 g/mol. The van der Waals surface area contributed by atoms with E-state index in [4.69, 9.17) is 0 Å². The fraction of sp³-hybridized carbons (Fsp3) is 0.125. The number of aldehydes is 1. The van der Waals surface area contributed by atoms with E-state index < -0.39 is 33.4 Å². The van der Waals surface area contributed by atoms with E-state index >= 15 is 0 Å². The molecule has 1 aromatic rings. The maximum Gasteiger partial charge on any atom is 0.419 e. The van der Waals surface area contributed by atoms with Crippen molar-refractivity contribution >= 4 is 22.2 Å². The second-order valence-corrected chi connectivity index (χ2v) is 3.42. The quantitative estimate of drug-likeness (QED) is 0.439. The van der Waals surface area contributed by atoms with Crippen molar-refractivity contribution in [2.45, 2.75) is 6.18 Å². The van der Waals surface area contributed by atoms with Crippen LogP contribution in [-0.2, 0) is 6.18 Å². The maximum absolute atomic E-state index is 13.0. The van der Waals surface area contributed by atoms with Gasteiger partial charge in [0, 0.05) is 0 Å². The molecule has 15 heavy (non-hydrogen) atoms. The number of benzene rings is 1. The van der Waals surface area contributed by atoms with Gasteiger partial charge in [-0.05, 0) is 22.0 Å². The number of hydrogen-bond donors (Lipinski definition) is 0. The Bertz CT molecular complexity index is 412. The van der Waals surface area contributed by atoms with Gasteiger partial charge in [0.2, 0.25) is 0 Å². The fourth-order valence-corrected chi connectivity index (χ4v) is 1.38. The van der Waals surface area contributed by atoms with Gasteiger partial charge in [0.25, 0.3) is 0 Å². The molecule has 0 spiro atoms. The zero-order valence-corrected chi connectivity index (χ0v) is 8.42. The molecule has 0 radical (unpaired) electrons. The van der Waals surface area contributed by atoms with Crippen LogP contribution < -0.4 is 0 Å². The van der Waals surface area contributed by atoms with Crippen LogP contribution in [0.5, 0.6) is 0 Å². The Morgan fingerprint density at radius 1 is 1.20 bits per heavy atom. The highest BCUT2D eigenvalue weighted by atomic mass is 79.9. The molecule has 0 aliphatic rings. The van der Waals surface area contributed by atoms with E-state index in [0.717, 1.165) is 0 Å². The zero-order valence-electron chi connectivity index (χ0n) is 6.83. The molecule has 0 unspecified atom stereocenters. The number of rotatable bonds is 1. The minimum atomic E-state index is -4.97. The number of alkyl halides is 3. The van der Waals surface area contributed by atoms with Crippen LogP contribution in [0.1, 0.15) is 15.9 Å². The van der Waals surface area contributed by atoms with Crippen molar-refractivity contribution in [2.75, 3.05) is 0 Å². The minimum absolute atomic E-state index is 0.248. The molecule has 0 heterocycles. The Morgan fingerprint density at radius 3 is 2.13 bits per heavy atom. The number of carbonyl (C=O) groups is 1. The number of hydrogen-bond acceptors (Lipinski definition) is 1. The van der Waals surface area contributed by atoms with E-state index in [1.54, 1.807) is 0 Å². The lowest BCUT2D eigenvalue weighted by molar-refractivity contribution is -0.140. The van der Waals surface area contributed by atoms with Gasteiger partial charge in [0.15, 0.2) is 12.1 Å². The van der Waals surface area contributed by atoms with E-state index in [0.29, 0.717) is 0 Å². The molecule has 0 atom stereocenters. The lowest BCUT2D eigenvalue weighted by Crippen LogP contribution is -2.11. The van der Waals surface area contributed by atoms with Crippen LogP contribution in [0.3, 0.4) is 0 Å². The van der Waals surface area contributed by atoms with Crippen molar-refractivity contribution in [3.05, 3.63) is 33.3 Å². The van der Waals surface area contributed by atoms with Gasteiger partial charge >= 0.3 is 6.18 Å². The summed E-state index contributed by atoms with van der Waals surface area (Å²) in [5.41, 5.74) is -2.92. The molecule has 82 valence electrons. The molecule has 0 aromatic heterocycles. The molecular weight excluding hydrogens is 287 g/mol. The summed E-state index contributed by atoms with van der Waals surface area (Å²) in [6.07, 6.45) is -5.28. The standard InChI is InChI=1S/C8H2BrF5O/c9-5-1-4(8(12,13)14)6(10)3(2-15)7(5)11/h1-2H. The lowest BCUT2D eigenvalue weighted by Gasteiger charge is -2.10. The van der Waals surface area contributed by atoms with Gasteiger partial charge in [-0.25, -0.2) is 8.78 Å². The van der Waals surface area contributed by atoms with Crippen molar-refractivity contribution in [3.8, 4) is 0 Å². The molecule has 0 bridgehead atoms. The monoisotopic (exact) mass is 288 g/mol. The normalized spacial score (nSPS) is 11.6. The highest BCUT2D eigenvalue weighted by molar-refractivity contribution is 9.10. The van der Waals surface area contributed by atoms with E-state index in [-0.39, 0.29) is 12.4 Å². The summed E-state index contributed by atoms with van der Waals surface area (Å²) < 4.78 is 61.9. The third-order valence-corrected chi connectivity index (χ3v) is 2.19. The van der Waals surface area contributed by atoms with Gasteiger partial charge in [-0.2, -0.15) is 13.2 Å². The Balaban J connectivity index is 3.58. The highest BCUT2D eigenvalue weighted by Gasteiger charge is 2.36. The molecule has 1 aromatic carbocycles. The summed E-state index contributed by atoms with van der Waals surface area (Å²) in [5, 5.41) is 0. The van der Waals surface area contributed by atoms with Crippen molar-refractivity contribution in [1.29, 1.82) is 0 Å². The van der Waals surface area contributed by atoms with Crippen LogP contribution in [-0.4, -0.2) is 6.29 Å². The molecule has 0 amide bonds. The van der Waals surface area contributed by atoms with Crippen molar-refractivity contribution in [2.24, 2.45) is 0 Å². The Hall–Kier alpha value is -0.980. The fourth-order valence-electron chi connectivity index (χ4n) is 0.933. The van der Waals surface area contributed by atoms with Gasteiger partial charge in [0.05, 0.1) is 15.6 Å². The van der Waals surface area contributed by atoms with E-state index in [2.05, 4.69) is 15.9 Å². The number of halogens is 6. The molecule has 0 N–H and O–H groups in total. The molecule has 0 fully saturated rings. The lowest BCUT2D eigenvalue weighted by atomic mass is 10.1. The van der Waals surface area contributed by atoms with Crippen LogP contribution in [0.4, 0.5) is 22.0 Å². The summed E-state index contributed by atoms with van der Waals surface area (Å²) >= 11 is 2.46. The number of carbonyl (C=O) groups excluding carboxylic acids is 1. The molecule has 0 aliphatic heterocycles. The molecule has 7 heteroatoms. The first kappa shape index (κ1) is 12.1. The minimum Gasteiger partial charge on any atom is -0.298 e. The average Bonchev–Trinajstić information content (AvgIpc) is 2.10. The van der Waals surface area contributed by atoms with E-state index in [1.807, 2.05) is 0 Å². The van der Waals surface area contributed by atoms with Crippen LogP contribution in [0.15, 0.2) is 10.5 Å². The first-order chi connectivity index (χ1) is 6.79. The zero-order chi connectivity index (χ0) is 11.8. The molecule has 0 saturated heterocycles. The SMILES string of the molecule is O=Cc1c(F)c(Br)cc(C(F)(F)F)c1F. The van der Waals surface area contributed by atoms with Crippen LogP contribution in [0.25, 0.3) is 0 Å². The summed E-state index contributed by atoms with van der Waals surface area (Å²) in [6.45, 7) is 0. The van der Waals surface area contributed by atoms with Crippen molar-refractivity contribution in [1.82, 2.24) is 0 Å². The van der Waals surface area contributed by atoms with Gasteiger partial charge < -0.3 is 0 Å². The van der Waals surface area contributed by atoms with Gasteiger partial charge in [-0.3, -0.25) is 4.79 Å². The second kappa shape index (κ2) is 3.88. The van der Waals surface area contributed by atoms with Crippen molar-refractivity contribution in [3.63, 3.8) is 0 Å². The Kier molecular flexibility index (Phi) is 3.13. The maximum atomic E-state index is 13.0. The summed E-state index contributed by atoms with van der Waals surface area (Å²) in [7, 11) is 0. The van der Waals surface area contributed by atoms with Crippen LogP contribution in [0, 0.1) is 11.6 Å². The first-order valence-electron chi connectivity index (χ1n) is 3.49. The predicted octanol–water partition coefficient (Wildman–Crippen LogP) is 3.56. The van der Waals surface area contributed by atoms with Gasteiger partial charge in [-0.1, -0.05) is 0 Å². The second-order valence-electron chi connectivity index (χ2n) is 2.56. The van der Waals surface area contributed by atoms with E-state index in [9.17, 15) is 26.7 Å². The largest absolute Gasteiger partial charge is 0.419 e.